The summed E-state index contributed by atoms with van der Waals surface area (Å²) in [5.74, 6) is 1.60. The average Bonchev–Trinajstić information content (AvgIpc) is 3.41. The minimum Gasteiger partial charge on any atom is -0.495 e. The van der Waals surface area contributed by atoms with Crippen LogP contribution in [0.2, 0.25) is 0 Å². The van der Waals surface area contributed by atoms with Crippen molar-refractivity contribution in [2.45, 2.75) is 32.2 Å². The van der Waals surface area contributed by atoms with Gasteiger partial charge >= 0.3 is 0 Å². The van der Waals surface area contributed by atoms with E-state index >= 15 is 0 Å². The Morgan fingerprint density at radius 3 is 2.61 bits per heavy atom. The smallest absolute Gasteiger partial charge is 0.232 e. The van der Waals surface area contributed by atoms with Crippen molar-refractivity contribution in [1.29, 1.82) is 0 Å². The molecule has 0 bridgehead atoms. The van der Waals surface area contributed by atoms with E-state index in [0.717, 1.165) is 47.2 Å². The van der Waals surface area contributed by atoms with Crippen molar-refractivity contribution in [3.05, 3.63) is 42.2 Å². The van der Waals surface area contributed by atoms with Crippen LogP contribution in [0.1, 0.15) is 31.2 Å². The maximum absolute atomic E-state index is 13.3. The molecule has 0 aliphatic heterocycles. The summed E-state index contributed by atoms with van der Waals surface area (Å²) in [5.41, 5.74) is 1.70. The molecule has 28 heavy (non-hydrogen) atoms. The average molecular weight is 398 g/mol. The van der Waals surface area contributed by atoms with Gasteiger partial charge in [0.2, 0.25) is 5.91 Å². The molecule has 1 amide bonds. The SMILES string of the molecule is COc1ccc(OC)c2sc(N(Cc3cccnc3)C(=O)C3CCCC3)nc12. The molecule has 0 saturated heterocycles. The van der Waals surface area contributed by atoms with Gasteiger partial charge in [0.05, 0.1) is 20.8 Å². The van der Waals surface area contributed by atoms with Crippen LogP contribution in [-0.2, 0) is 11.3 Å². The Hall–Kier alpha value is -2.67. The van der Waals surface area contributed by atoms with Gasteiger partial charge in [0.1, 0.15) is 21.7 Å². The summed E-state index contributed by atoms with van der Waals surface area (Å²) in [7, 11) is 3.26. The number of thiazole rings is 1. The predicted octanol–water partition coefficient (Wildman–Crippen LogP) is 4.43. The highest BCUT2D eigenvalue weighted by Crippen LogP contribution is 2.41. The lowest BCUT2D eigenvalue weighted by atomic mass is 10.1. The third-order valence-electron chi connectivity index (χ3n) is 5.16. The number of amides is 1. The van der Waals surface area contributed by atoms with E-state index in [1.807, 2.05) is 24.3 Å². The van der Waals surface area contributed by atoms with E-state index in [4.69, 9.17) is 14.5 Å². The van der Waals surface area contributed by atoms with E-state index in [-0.39, 0.29) is 11.8 Å². The van der Waals surface area contributed by atoms with Crippen LogP contribution in [-0.4, -0.2) is 30.1 Å². The second kappa shape index (κ2) is 8.14. The van der Waals surface area contributed by atoms with Crippen LogP contribution in [0.5, 0.6) is 11.5 Å². The minimum absolute atomic E-state index is 0.0625. The van der Waals surface area contributed by atoms with Gasteiger partial charge in [0, 0.05) is 18.3 Å². The maximum Gasteiger partial charge on any atom is 0.232 e. The molecule has 1 aliphatic rings. The number of methoxy groups -OCH3 is 2. The molecule has 0 radical (unpaired) electrons. The third kappa shape index (κ3) is 3.54. The number of hydrogen-bond donors (Lipinski definition) is 0. The number of nitrogens with zero attached hydrogens (tertiary/aromatic N) is 3. The summed E-state index contributed by atoms with van der Waals surface area (Å²) < 4.78 is 11.9. The van der Waals surface area contributed by atoms with Gasteiger partial charge in [-0.2, -0.15) is 0 Å². The van der Waals surface area contributed by atoms with Gasteiger partial charge in [-0.1, -0.05) is 30.2 Å². The zero-order chi connectivity index (χ0) is 19.5. The maximum atomic E-state index is 13.3. The molecule has 0 atom stereocenters. The molecule has 4 rings (SSSR count). The predicted molar refractivity (Wildman–Crippen MR) is 110 cm³/mol. The van der Waals surface area contributed by atoms with Crippen LogP contribution >= 0.6 is 11.3 Å². The Balaban J connectivity index is 1.78. The Labute approximate surface area is 168 Å². The number of fused-ring (bicyclic) bond motifs is 1. The summed E-state index contributed by atoms with van der Waals surface area (Å²) in [4.78, 5) is 24.1. The molecule has 1 fully saturated rings. The number of aromatic nitrogens is 2. The summed E-state index contributed by atoms with van der Waals surface area (Å²) in [6.07, 6.45) is 7.64. The van der Waals surface area contributed by atoms with Gasteiger partial charge < -0.3 is 9.47 Å². The van der Waals surface area contributed by atoms with Crippen LogP contribution in [0, 0.1) is 5.92 Å². The van der Waals surface area contributed by atoms with Gasteiger partial charge in [-0.3, -0.25) is 14.7 Å². The zero-order valence-corrected chi connectivity index (χ0v) is 16.9. The molecule has 6 nitrogen and oxygen atoms in total. The number of carbonyl (C=O) groups is 1. The van der Waals surface area contributed by atoms with E-state index in [9.17, 15) is 4.79 Å². The van der Waals surface area contributed by atoms with Crippen molar-refractivity contribution < 1.29 is 14.3 Å². The highest BCUT2D eigenvalue weighted by Gasteiger charge is 2.30. The van der Waals surface area contributed by atoms with Gasteiger partial charge in [-0.15, -0.1) is 0 Å². The van der Waals surface area contributed by atoms with E-state index < -0.39 is 0 Å². The lowest BCUT2D eigenvalue weighted by Gasteiger charge is -2.23. The molecule has 2 heterocycles. The molecular formula is C21H23N3O3S. The summed E-state index contributed by atoms with van der Waals surface area (Å²) in [5, 5.41) is 0.665. The van der Waals surface area contributed by atoms with Crippen LogP contribution in [0.25, 0.3) is 10.2 Å². The molecule has 0 N–H and O–H groups in total. The topological polar surface area (TPSA) is 64.6 Å². The number of benzene rings is 1. The van der Waals surface area contributed by atoms with Crippen molar-refractivity contribution in [3.63, 3.8) is 0 Å². The van der Waals surface area contributed by atoms with Crippen molar-refractivity contribution in [1.82, 2.24) is 9.97 Å². The highest BCUT2D eigenvalue weighted by molar-refractivity contribution is 7.22. The molecule has 7 heteroatoms. The monoisotopic (exact) mass is 397 g/mol. The lowest BCUT2D eigenvalue weighted by Crippen LogP contribution is -2.34. The van der Waals surface area contributed by atoms with E-state index in [0.29, 0.717) is 17.4 Å². The van der Waals surface area contributed by atoms with Crippen LogP contribution in [0.15, 0.2) is 36.7 Å². The molecule has 146 valence electrons. The number of rotatable bonds is 6. The number of hydrogen-bond acceptors (Lipinski definition) is 6. The Kier molecular flexibility index (Phi) is 5.43. The Morgan fingerprint density at radius 2 is 1.93 bits per heavy atom. The van der Waals surface area contributed by atoms with Crippen molar-refractivity contribution in [3.8, 4) is 11.5 Å². The standard InChI is InChI=1S/C21H23N3O3S/c1-26-16-9-10-17(27-2)19-18(16)23-21(28-19)24(13-14-6-5-11-22-12-14)20(25)15-7-3-4-8-15/h5-6,9-12,15H,3-4,7-8,13H2,1-2H3. The summed E-state index contributed by atoms with van der Waals surface area (Å²) >= 11 is 1.46. The molecular weight excluding hydrogens is 374 g/mol. The summed E-state index contributed by atoms with van der Waals surface area (Å²) in [6, 6.07) is 7.58. The minimum atomic E-state index is 0.0625. The quantitative estimate of drug-likeness (QED) is 0.616. The molecule has 3 aromatic rings. The molecule has 1 aliphatic carbocycles. The molecule has 1 saturated carbocycles. The van der Waals surface area contributed by atoms with Gasteiger partial charge in [0.25, 0.3) is 0 Å². The molecule has 0 spiro atoms. The number of ether oxygens (including phenoxy) is 2. The van der Waals surface area contributed by atoms with Crippen LogP contribution < -0.4 is 14.4 Å². The molecule has 0 unspecified atom stereocenters. The van der Waals surface area contributed by atoms with Gasteiger partial charge in [0.15, 0.2) is 5.13 Å². The van der Waals surface area contributed by atoms with Gasteiger partial charge in [-0.05, 0) is 36.6 Å². The number of carbonyl (C=O) groups excluding carboxylic acids is 1. The van der Waals surface area contributed by atoms with Crippen molar-refractivity contribution in [2.24, 2.45) is 5.92 Å². The van der Waals surface area contributed by atoms with Crippen LogP contribution in [0.3, 0.4) is 0 Å². The Morgan fingerprint density at radius 1 is 1.18 bits per heavy atom. The van der Waals surface area contributed by atoms with Crippen LogP contribution in [0.4, 0.5) is 5.13 Å². The normalized spacial score (nSPS) is 14.4. The first-order valence-corrected chi connectivity index (χ1v) is 10.2. The highest BCUT2D eigenvalue weighted by atomic mass is 32.1. The largest absolute Gasteiger partial charge is 0.495 e. The fraction of sp³-hybridized carbons (Fsp3) is 0.381. The fourth-order valence-electron chi connectivity index (χ4n) is 3.70. The Bertz CT molecular complexity index is 927. The molecule has 1 aromatic carbocycles. The van der Waals surface area contributed by atoms with Crippen molar-refractivity contribution in [2.75, 3.05) is 19.1 Å². The van der Waals surface area contributed by atoms with Gasteiger partial charge in [-0.25, -0.2) is 4.98 Å². The lowest BCUT2D eigenvalue weighted by molar-refractivity contribution is -0.122. The first-order valence-electron chi connectivity index (χ1n) is 9.43. The third-order valence-corrected chi connectivity index (χ3v) is 6.26. The van der Waals surface area contributed by atoms with Crippen molar-refractivity contribution >= 4 is 32.6 Å². The fourth-order valence-corrected chi connectivity index (χ4v) is 4.78. The van der Waals surface area contributed by atoms with E-state index in [2.05, 4.69) is 4.98 Å². The second-order valence-electron chi connectivity index (χ2n) is 6.91. The first-order chi connectivity index (χ1) is 13.7. The second-order valence-corrected chi connectivity index (χ2v) is 7.89. The zero-order valence-electron chi connectivity index (χ0n) is 16.1. The first kappa shape index (κ1) is 18.7. The molecule has 2 aromatic heterocycles. The number of anilines is 1. The van der Waals surface area contributed by atoms with E-state index in [1.165, 1.54) is 11.3 Å². The number of pyridine rings is 1. The van der Waals surface area contributed by atoms with E-state index in [1.54, 1.807) is 31.5 Å². The summed E-state index contributed by atoms with van der Waals surface area (Å²) in [6.45, 7) is 0.452.